The maximum atomic E-state index is 5.42. The van der Waals surface area contributed by atoms with E-state index in [-0.39, 0.29) is 24.0 Å². The average molecular weight is 429 g/mol. The summed E-state index contributed by atoms with van der Waals surface area (Å²) in [5.74, 6) is 1.85. The summed E-state index contributed by atoms with van der Waals surface area (Å²) >= 11 is 0. The quantitative estimate of drug-likeness (QED) is 0.315. The van der Waals surface area contributed by atoms with Gasteiger partial charge in [0.15, 0.2) is 5.96 Å². The van der Waals surface area contributed by atoms with E-state index in [4.69, 9.17) is 4.74 Å². The van der Waals surface area contributed by atoms with Crippen molar-refractivity contribution in [3.05, 3.63) is 41.5 Å². The second kappa shape index (κ2) is 10.5. The number of methoxy groups -OCH3 is 1. The van der Waals surface area contributed by atoms with Crippen LogP contribution in [0, 0.1) is 6.92 Å². The maximum absolute atomic E-state index is 5.42. The van der Waals surface area contributed by atoms with Gasteiger partial charge in [0.2, 0.25) is 0 Å². The van der Waals surface area contributed by atoms with E-state index in [1.54, 1.807) is 7.11 Å². The Morgan fingerprint density at radius 2 is 2.04 bits per heavy atom. The van der Waals surface area contributed by atoms with Crippen LogP contribution in [0.15, 0.2) is 35.3 Å². The Kier molecular flexibility index (Phi) is 9.06. The molecule has 0 aromatic heterocycles. The van der Waals surface area contributed by atoms with Crippen molar-refractivity contribution in [2.75, 3.05) is 20.2 Å². The highest BCUT2D eigenvalue weighted by Crippen LogP contribution is 2.20. The predicted molar refractivity (Wildman–Crippen MR) is 108 cm³/mol. The average Bonchev–Trinajstić information content (AvgIpc) is 3.00. The molecule has 1 aromatic carbocycles. The molecule has 0 bridgehead atoms. The molecule has 23 heavy (non-hydrogen) atoms. The van der Waals surface area contributed by atoms with E-state index in [0.717, 1.165) is 44.1 Å². The number of hydrogen-bond donors (Lipinski definition) is 2. The molecule has 1 aromatic rings. The van der Waals surface area contributed by atoms with Crippen LogP contribution in [0.1, 0.15) is 30.9 Å². The highest BCUT2D eigenvalue weighted by molar-refractivity contribution is 14.0. The summed E-state index contributed by atoms with van der Waals surface area (Å²) in [6.07, 6.45) is 7.48. The van der Waals surface area contributed by atoms with E-state index in [1.807, 2.05) is 6.07 Å². The third kappa shape index (κ3) is 6.41. The monoisotopic (exact) mass is 429 g/mol. The topological polar surface area (TPSA) is 45.7 Å². The molecule has 0 amide bonds. The molecule has 2 N–H and O–H groups in total. The Hall–Kier alpha value is -1.24. The molecular formula is C18H28IN3O. The molecule has 128 valence electrons. The van der Waals surface area contributed by atoms with Crippen molar-refractivity contribution in [3.8, 4) is 5.75 Å². The van der Waals surface area contributed by atoms with Gasteiger partial charge in [0.1, 0.15) is 5.75 Å². The van der Waals surface area contributed by atoms with Crippen LogP contribution in [-0.2, 0) is 6.42 Å². The molecule has 0 fully saturated rings. The van der Waals surface area contributed by atoms with E-state index < -0.39 is 0 Å². The fraction of sp³-hybridized carbons (Fsp3) is 0.500. The SMILES string of the molecule is CCNC(=NCCc1cc(C)ccc1OC)NC1CC=CC1.I. The molecule has 0 radical (unpaired) electrons. The number of nitrogens with zero attached hydrogens (tertiary/aromatic N) is 1. The molecule has 1 aliphatic rings. The predicted octanol–water partition coefficient (Wildman–Crippen LogP) is 3.44. The minimum Gasteiger partial charge on any atom is -0.496 e. The van der Waals surface area contributed by atoms with E-state index in [2.05, 4.69) is 53.8 Å². The Morgan fingerprint density at radius 1 is 1.30 bits per heavy atom. The number of nitrogens with one attached hydrogen (secondary N) is 2. The van der Waals surface area contributed by atoms with Gasteiger partial charge in [-0.05, 0) is 44.7 Å². The Bertz CT molecular complexity index is 535. The van der Waals surface area contributed by atoms with Crippen LogP contribution in [0.4, 0.5) is 0 Å². The fourth-order valence-corrected chi connectivity index (χ4v) is 2.64. The van der Waals surface area contributed by atoms with Crippen molar-refractivity contribution in [3.63, 3.8) is 0 Å². The van der Waals surface area contributed by atoms with Crippen molar-refractivity contribution in [2.45, 2.75) is 39.2 Å². The number of ether oxygens (including phenoxy) is 1. The van der Waals surface area contributed by atoms with Crippen LogP contribution < -0.4 is 15.4 Å². The summed E-state index contributed by atoms with van der Waals surface area (Å²) in [6, 6.07) is 6.76. The Morgan fingerprint density at radius 3 is 2.70 bits per heavy atom. The van der Waals surface area contributed by atoms with Gasteiger partial charge >= 0.3 is 0 Å². The molecule has 0 aliphatic heterocycles. The molecule has 2 rings (SSSR count). The van der Waals surface area contributed by atoms with Gasteiger partial charge in [0.05, 0.1) is 7.11 Å². The largest absolute Gasteiger partial charge is 0.496 e. The van der Waals surface area contributed by atoms with Crippen molar-refractivity contribution in [1.29, 1.82) is 0 Å². The van der Waals surface area contributed by atoms with Gasteiger partial charge in [0.25, 0.3) is 0 Å². The van der Waals surface area contributed by atoms with E-state index in [1.165, 1.54) is 11.1 Å². The normalized spacial score (nSPS) is 14.5. The number of benzene rings is 1. The molecule has 5 heteroatoms. The second-order valence-corrected chi connectivity index (χ2v) is 5.61. The molecule has 0 atom stereocenters. The number of guanidine groups is 1. The summed E-state index contributed by atoms with van der Waals surface area (Å²) in [7, 11) is 1.72. The number of aliphatic imine (C=N–C) groups is 1. The number of rotatable bonds is 6. The van der Waals surface area contributed by atoms with Crippen LogP contribution in [0.5, 0.6) is 5.75 Å². The Balaban J connectivity index is 0.00000264. The minimum atomic E-state index is 0. The standard InChI is InChI=1S/C18H27N3O.HI/c1-4-19-18(21-16-7-5-6-8-16)20-12-11-15-13-14(2)9-10-17(15)22-3;/h5-6,9-10,13,16H,4,7-8,11-12H2,1-3H3,(H2,19,20,21);1H. The zero-order valence-corrected chi connectivity index (χ0v) is 16.6. The minimum absolute atomic E-state index is 0. The summed E-state index contributed by atoms with van der Waals surface area (Å²) in [4.78, 5) is 4.69. The first-order valence-electron chi connectivity index (χ1n) is 8.06. The molecule has 0 unspecified atom stereocenters. The van der Waals surface area contributed by atoms with Gasteiger partial charge in [-0.3, -0.25) is 4.99 Å². The lowest BCUT2D eigenvalue weighted by atomic mass is 10.1. The van der Waals surface area contributed by atoms with Crippen molar-refractivity contribution < 1.29 is 4.74 Å². The molecule has 0 spiro atoms. The maximum Gasteiger partial charge on any atom is 0.191 e. The molecule has 0 saturated carbocycles. The van der Waals surface area contributed by atoms with Gasteiger partial charge in [0, 0.05) is 19.1 Å². The first-order valence-corrected chi connectivity index (χ1v) is 8.06. The number of hydrogen-bond acceptors (Lipinski definition) is 2. The molecule has 0 saturated heterocycles. The van der Waals surface area contributed by atoms with Crippen LogP contribution in [0.3, 0.4) is 0 Å². The lowest BCUT2D eigenvalue weighted by Crippen LogP contribution is -2.42. The fourth-order valence-electron chi connectivity index (χ4n) is 2.64. The van der Waals surface area contributed by atoms with Gasteiger partial charge in [-0.1, -0.05) is 29.8 Å². The third-order valence-corrected chi connectivity index (χ3v) is 3.78. The second-order valence-electron chi connectivity index (χ2n) is 5.61. The van der Waals surface area contributed by atoms with Crippen LogP contribution in [-0.4, -0.2) is 32.2 Å². The zero-order valence-electron chi connectivity index (χ0n) is 14.3. The van der Waals surface area contributed by atoms with Gasteiger partial charge < -0.3 is 15.4 Å². The van der Waals surface area contributed by atoms with E-state index >= 15 is 0 Å². The number of halogens is 1. The smallest absolute Gasteiger partial charge is 0.191 e. The first kappa shape index (κ1) is 19.8. The zero-order chi connectivity index (χ0) is 15.8. The summed E-state index contributed by atoms with van der Waals surface area (Å²) < 4.78 is 5.42. The highest BCUT2D eigenvalue weighted by Gasteiger charge is 2.11. The van der Waals surface area contributed by atoms with Crippen molar-refractivity contribution in [2.24, 2.45) is 4.99 Å². The highest BCUT2D eigenvalue weighted by atomic mass is 127. The first-order chi connectivity index (χ1) is 10.7. The van der Waals surface area contributed by atoms with E-state index in [0.29, 0.717) is 6.04 Å². The molecule has 4 nitrogen and oxygen atoms in total. The third-order valence-electron chi connectivity index (χ3n) is 3.78. The van der Waals surface area contributed by atoms with Crippen molar-refractivity contribution >= 4 is 29.9 Å². The molecule has 0 heterocycles. The van der Waals surface area contributed by atoms with Gasteiger partial charge in [-0.15, -0.1) is 24.0 Å². The summed E-state index contributed by atoms with van der Waals surface area (Å²) in [5.41, 5.74) is 2.46. The Labute approximate surface area is 156 Å². The van der Waals surface area contributed by atoms with Gasteiger partial charge in [-0.2, -0.15) is 0 Å². The lowest BCUT2D eigenvalue weighted by molar-refractivity contribution is 0.409. The van der Waals surface area contributed by atoms with Gasteiger partial charge in [-0.25, -0.2) is 0 Å². The molecular weight excluding hydrogens is 401 g/mol. The van der Waals surface area contributed by atoms with E-state index in [9.17, 15) is 0 Å². The van der Waals surface area contributed by atoms with Crippen molar-refractivity contribution in [1.82, 2.24) is 10.6 Å². The lowest BCUT2D eigenvalue weighted by Gasteiger charge is -2.16. The van der Waals surface area contributed by atoms with Crippen LogP contribution in [0.25, 0.3) is 0 Å². The molecule has 1 aliphatic carbocycles. The van der Waals surface area contributed by atoms with Crippen LogP contribution >= 0.6 is 24.0 Å². The number of aryl methyl sites for hydroxylation is 1. The summed E-state index contributed by atoms with van der Waals surface area (Å²) in [5, 5.41) is 6.80. The van der Waals surface area contributed by atoms with Crippen LogP contribution in [0.2, 0.25) is 0 Å². The summed E-state index contributed by atoms with van der Waals surface area (Å²) in [6.45, 7) is 5.81.